The number of halogens is 3. The van der Waals surface area contributed by atoms with Crippen LogP contribution in [0, 0.1) is 5.92 Å². The van der Waals surface area contributed by atoms with Crippen molar-refractivity contribution in [3.05, 3.63) is 0 Å². The molecular formula is C12H18F3NO3. The number of nitrogens with zero attached hydrogens (tertiary/aromatic N) is 1. The van der Waals surface area contributed by atoms with Crippen molar-refractivity contribution in [3.8, 4) is 0 Å². The molecule has 2 unspecified atom stereocenters. The van der Waals surface area contributed by atoms with Gasteiger partial charge in [-0.1, -0.05) is 0 Å². The molecule has 0 aromatic rings. The van der Waals surface area contributed by atoms with E-state index < -0.39 is 24.3 Å². The Kier molecular flexibility index (Phi) is 4.35. The SMILES string of the molecule is O=C(C1CCCO1)N1CCC(C(O)C(F)(F)F)CC1. The second kappa shape index (κ2) is 5.66. The predicted molar refractivity (Wildman–Crippen MR) is 60.3 cm³/mol. The quantitative estimate of drug-likeness (QED) is 0.830. The molecule has 2 atom stereocenters. The number of likely N-dealkylation sites (tertiary alicyclic amines) is 1. The van der Waals surface area contributed by atoms with Gasteiger partial charge in [0.05, 0.1) is 0 Å². The molecule has 0 saturated carbocycles. The first-order chi connectivity index (χ1) is 8.89. The highest BCUT2D eigenvalue weighted by molar-refractivity contribution is 5.81. The summed E-state index contributed by atoms with van der Waals surface area (Å²) in [5, 5.41) is 9.19. The number of ether oxygens (including phenoxy) is 1. The van der Waals surface area contributed by atoms with Gasteiger partial charge in [0.2, 0.25) is 0 Å². The van der Waals surface area contributed by atoms with Crippen molar-refractivity contribution < 1.29 is 27.8 Å². The summed E-state index contributed by atoms with van der Waals surface area (Å²) in [6, 6.07) is 0. The minimum Gasteiger partial charge on any atom is -0.383 e. The maximum Gasteiger partial charge on any atom is 0.414 e. The van der Waals surface area contributed by atoms with E-state index in [0.29, 0.717) is 13.0 Å². The lowest BCUT2D eigenvalue weighted by atomic mass is 9.90. The number of hydrogen-bond acceptors (Lipinski definition) is 3. The van der Waals surface area contributed by atoms with Gasteiger partial charge >= 0.3 is 6.18 Å². The van der Waals surface area contributed by atoms with Gasteiger partial charge in [-0.15, -0.1) is 0 Å². The van der Waals surface area contributed by atoms with E-state index in [1.165, 1.54) is 0 Å². The fraction of sp³-hybridized carbons (Fsp3) is 0.917. The van der Waals surface area contributed by atoms with Crippen molar-refractivity contribution in [1.82, 2.24) is 4.90 Å². The topological polar surface area (TPSA) is 49.8 Å². The summed E-state index contributed by atoms with van der Waals surface area (Å²) in [7, 11) is 0. The van der Waals surface area contributed by atoms with Crippen LogP contribution < -0.4 is 0 Å². The first kappa shape index (κ1) is 14.6. The Morgan fingerprint density at radius 2 is 1.89 bits per heavy atom. The number of amides is 1. The van der Waals surface area contributed by atoms with Crippen molar-refractivity contribution in [2.75, 3.05) is 19.7 Å². The van der Waals surface area contributed by atoms with Crippen LogP contribution in [0.4, 0.5) is 13.2 Å². The number of hydrogen-bond donors (Lipinski definition) is 1. The maximum atomic E-state index is 12.4. The van der Waals surface area contributed by atoms with Crippen molar-refractivity contribution >= 4 is 5.91 Å². The van der Waals surface area contributed by atoms with Crippen molar-refractivity contribution in [2.24, 2.45) is 5.92 Å². The summed E-state index contributed by atoms with van der Waals surface area (Å²) >= 11 is 0. The lowest BCUT2D eigenvalue weighted by molar-refractivity contribution is -0.223. The zero-order chi connectivity index (χ0) is 14.0. The van der Waals surface area contributed by atoms with Gasteiger partial charge in [0.1, 0.15) is 6.10 Å². The van der Waals surface area contributed by atoms with Gasteiger partial charge in [-0.2, -0.15) is 13.2 Å². The maximum absolute atomic E-state index is 12.4. The molecule has 110 valence electrons. The molecule has 0 aromatic carbocycles. The minimum absolute atomic E-state index is 0.127. The lowest BCUT2D eigenvalue weighted by Crippen LogP contribution is -2.47. The van der Waals surface area contributed by atoms with Crippen LogP contribution in [0.15, 0.2) is 0 Å². The first-order valence-electron chi connectivity index (χ1n) is 6.55. The van der Waals surface area contributed by atoms with Crippen LogP contribution in [-0.2, 0) is 9.53 Å². The van der Waals surface area contributed by atoms with Gasteiger partial charge in [0.25, 0.3) is 5.91 Å². The average Bonchev–Trinajstić information content (AvgIpc) is 2.90. The average molecular weight is 281 g/mol. The second-order valence-electron chi connectivity index (χ2n) is 5.15. The molecule has 2 heterocycles. The zero-order valence-electron chi connectivity index (χ0n) is 10.5. The number of piperidine rings is 1. The summed E-state index contributed by atoms with van der Waals surface area (Å²) in [5.41, 5.74) is 0. The molecule has 0 bridgehead atoms. The Morgan fingerprint density at radius 1 is 1.26 bits per heavy atom. The van der Waals surface area contributed by atoms with Crippen LogP contribution in [0.3, 0.4) is 0 Å². The smallest absolute Gasteiger partial charge is 0.383 e. The van der Waals surface area contributed by atoms with Crippen LogP contribution in [0.1, 0.15) is 25.7 Å². The third kappa shape index (κ3) is 3.39. The third-order valence-electron chi connectivity index (χ3n) is 3.84. The van der Waals surface area contributed by atoms with Crippen LogP contribution in [-0.4, -0.2) is 54.0 Å². The monoisotopic (exact) mass is 281 g/mol. The summed E-state index contributed by atoms with van der Waals surface area (Å²) in [6.07, 6.45) is -5.40. The predicted octanol–water partition coefficient (Wildman–Crippen LogP) is 1.33. The molecule has 2 rings (SSSR count). The third-order valence-corrected chi connectivity index (χ3v) is 3.84. The van der Waals surface area contributed by atoms with E-state index >= 15 is 0 Å². The van der Waals surface area contributed by atoms with Gasteiger partial charge < -0.3 is 14.7 Å². The summed E-state index contributed by atoms with van der Waals surface area (Å²) in [4.78, 5) is 13.5. The molecule has 2 aliphatic heterocycles. The van der Waals surface area contributed by atoms with Gasteiger partial charge in [-0.3, -0.25) is 4.79 Å². The molecule has 19 heavy (non-hydrogen) atoms. The summed E-state index contributed by atoms with van der Waals surface area (Å²) < 4.78 is 42.4. The molecule has 7 heteroatoms. The van der Waals surface area contributed by atoms with Crippen LogP contribution in [0.25, 0.3) is 0 Å². The Labute approximate surface area is 109 Å². The fourth-order valence-corrected chi connectivity index (χ4v) is 2.68. The number of alkyl halides is 3. The van der Waals surface area contributed by atoms with Crippen LogP contribution in [0.2, 0.25) is 0 Å². The van der Waals surface area contributed by atoms with Crippen molar-refractivity contribution in [1.29, 1.82) is 0 Å². The van der Waals surface area contributed by atoms with E-state index in [1.807, 2.05) is 0 Å². The fourth-order valence-electron chi connectivity index (χ4n) is 2.68. The molecule has 0 spiro atoms. The highest BCUT2D eigenvalue weighted by Gasteiger charge is 2.44. The van der Waals surface area contributed by atoms with Crippen LogP contribution >= 0.6 is 0 Å². The molecule has 0 aliphatic carbocycles. The van der Waals surface area contributed by atoms with Gasteiger partial charge in [0, 0.05) is 19.7 Å². The Morgan fingerprint density at radius 3 is 2.37 bits per heavy atom. The molecule has 0 radical (unpaired) electrons. The Balaban J connectivity index is 1.83. The Hall–Kier alpha value is -0.820. The van der Waals surface area contributed by atoms with E-state index in [-0.39, 0.29) is 31.8 Å². The molecule has 4 nitrogen and oxygen atoms in total. The molecule has 1 amide bonds. The standard InChI is InChI=1S/C12H18F3NO3/c13-12(14,15)10(17)8-3-5-16(6-4-8)11(18)9-2-1-7-19-9/h8-10,17H,1-7H2. The zero-order valence-corrected chi connectivity index (χ0v) is 10.5. The molecule has 2 fully saturated rings. The number of carbonyl (C=O) groups is 1. The normalized spacial score (nSPS) is 27.6. The van der Waals surface area contributed by atoms with E-state index in [0.717, 1.165) is 6.42 Å². The van der Waals surface area contributed by atoms with E-state index in [4.69, 9.17) is 4.74 Å². The van der Waals surface area contributed by atoms with E-state index in [9.17, 15) is 23.1 Å². The van der Waals surface area contributed by atoms with E-state index in [1.54, 1.807) is 4.90 Å². The minimum atomic E-state index is -4.58. The summed E-state index contributed by atoms with van der Waals surface area (Å²) in [6.45, 7) is 1.09. The largest absolute Gasteiger partial charge is 0.414 e. The number of rotatable bonds is 2. The molecule has 1 N–H and O–H groups in total. The van der Waals surface area contributed by atoms with Gasteiger partial charge in [-0.05, 0) is 31.6 Å². The van der Waals surface area contributed by atoms with Crippen molar-refractivity contribution in [3.63, 3.8) is 0 Å². The molecule has 2 saturated heterocycles. The Bertz CT molecular complexity index is 321. The second-order valence-corrected chi connectivity index (χ2v) is 5.15. The number of aliphatic hydroxyl groups is 1. The molecule has 2 aliphatic rings. The molecular weight excluding hydrogens is 263 g/mol. The molecule has 0 aromatic heterocycles. The number of aliphatic hydroxyl groups excluding tert-OH is 1. The van der Waals surface area contributed by atoms with Crippen molar-refractivity contribution in [2.45, 2.75) is 44.1 Å². The van der Waals surface area contributed by atoms with E-state index in [2.05, 4.69) is 0 Å². The number of carbonyl (C=O) groups excluding carboxylic acids is 1. The highest BCUT2D eigenvalue weighted by Crippen LogP contribution is 2.32. The summed E-state index contributed by atoms with van der Waals surface area (Å²) in [5.74, 6) is -0.939. The van der Waals surface area contributed by atoms with Gasteiger partial charge in [-0.25, -0.2) is 0 Å². The van der Waals surface area contributed by atoms with Crippen LogP contribution in [0.5, 0.6) is 0 Å². The highest BCUT2D eigenvalue weighted by atomic mass is 19.4. The lowest BCUT2D eigenvalue weighted by Gasteiger charge is -2.35. The van der Waals surface area contributed by atoms with Gasteiger partial charge in [0.15, 0.2) is 6.10 Å². The first-order valence-corrected chi connectivity index (χ1v) is 6.55.